The Kier molecular flexibility index (Phi) is 2.55. The summed E-state index contributed by atoms with van der Waals surface area (Å²) in [6, 6.07) is 0. The van der Waals surface area contributed by atoms with Crippen LogP contribution >= 0.6 is 0 Å². The minimum absolute atomic E-state index is 0.271. The number of aromatic nitrogens is 2. The average molecular weight is 167 g/mol. The second kappa shape index (κ2) is 3.30. The van der Waals surface area contributed by atoms with Gasteiger partial charge in [0.2, 0.25) is 0 Å². The molecule has 0 saturated heterocycles. The fraction of sp³-hybridized carbons (Fsp3) is 0.700. The van der Waals surface area contributed by atoms with Crippen LogP contribution in [0, 0.1) is 0 Å². The molecule has 0 unspecified atom stereocenters. The first kappa shape index (κ1) is 9.30. The van der Waals surface area contributed by atoms with Gasteiger partial charge in [0.15, 0.2) is 0 Å². The molecular formula is C10H19N2+. The van der Waals surface area contributed by atoms with Crippen LogP contribution in [-0.4, -0.2) is 4.98 Å². The maximum absolute atomic E-state index is 3.29. The van der Waals surface area contributed by atoms with Crippen molar-refractivity contribution in [1.29, 1.82) is 0 Å². The second-order valence-electron chi connectivity index (χ2n) is 4.05. The third kappa shape index (κ3) is 1.68. The maximum Gasteiger partial charge on any atom is 0.259 e. The average Bonchev–Trinajstić information content (AvgIpc) is 2.35. The predicted octanol–water partition coefficient (Wildman–Crippen LogP) is 1.92. The number of hydrogen-bond donors (Lipinski definition) is 1. The zero-order valence-corrected chi connectivity index (χ0v) is 8.52. The summed E-state index contributed by atoms with van der Waals surface area (Å²) in [5.41, 5.74) is 0.271. The van der Waals surface area contributed by atoms with E-state index >= 15 is 0 Å². The molecule has 0 fully saturated rings. The highest BCUT2D eigenvalue weighted by molar-refractivity contribution is 4.97. The van der Waals surface area contributed by atoms with Crippen LogP contribution in [-0.2, 0) is 12.5 Å². The molecule has 2 nitrogen and oxygen atoms in total. The first-order valence-electron chi connectivity index (χ1n) is 4.61. The van der Waals surface area contributed by atoms with Crippen molar-refractivity contribution in [2.75, 3.05) is 0 Å². The molecule has 0 radical (unpaired) electrons. The van der Waals surface area contributed by atoms with Crippen LogP contribution in [0.4, 0.5) is 0 Å². The van der Waals surface area contributed by atoms with Gasteiger partial charge >= 0.3 is 0 Å². The molecule has 0 atom stereocenters. The molecule has 0 aromatic carbocycles. The Labute approximate surface area is 74.6 Å². The van der Waals surface area contributed by atoms with Crippen LogP contribution in [0.5, 0.6) is 0 Å². The minimum Gasteiger partial charge on any atom is -0.247 e. The normalized spacial score (nSPS) is 12.0. The molecular weight excluding hydrogens is 148 g/mol. The van der Waals surface area contributed by atoms with E-state index in [0.29, 0.717) is 0 Å². The molecule has 0 aliphatic rings. The summed E-state index contributed by atoms with van der Waals surface area (Å²) < 4.78 is 2.16. The van der Waals surface area contributed by atoms with Crippen LogP contribution in [0.3, 0.4) is 0 Å². The molecule has 1 rings (SSSR count). The number of aryl methyl sites for hydroxylation is 1. The minimum atomic E-state index is 0.271. The Balaban J connectivity index is 2.88. The van der Waals surface area contributed by atoms with Gasteiger partial charge in [0, 0.05) is 0 Å². The van der Waals surface area contributed by atoms with E-state index in [9.17, 15) is 0 Å². The monoisotopic (exact) mass is 167 g/mol. The van der Waals surface area contributed by atoms with Crippen LogP contribution < -0.4 is 4.57 Å². The number of H-pyrrole nitrogens is 1. The quantitative estimate of drug-likeness (QED) is 0.664. The van der Waals surface area contributed by atoms with E-state index < -0.39 is 0 Å². The van der Waals surface area contributed by atoms with Crippen LogP contribution in [0.25, 0.3) is 0 Å². The summed E-state index contributed by atoms with van der Waals surface area (Å²) in [5, 5.41) is 0. The maximum atomic E-state index is 3.29. The predicted molar refractivity (Wildman–Crippen MR) is 49.9 cm³/mol. The number of nitrogens with zero attached hydrogens (tertiary/aromatic N) is 1. The highest BCUT2D eigenvalue weighted by Crippen LogP contribution is 2.23. The summed E-state index contributed by atoms with van der Waals surface area (Å²) in [6.45, 7) is 6.79. The summed E-state index contributed by atoms with van der Waals surface area (Å²) >= 11 is 0. The molecule has 1 aromatic heterocycles. The van der Waals surface area contributed by atoms with Crippen LogP contribution in [0.15, 0.2) is 12.4 Å². The first-order chi connectivity index (χ1) is 5.58. The third-order valence-corrected chi connectivity index (χ3v) is 2.39. The van der Waals surface area contributed by atoms with Gasteiger partial charge in [0.1, 0.15) is 12.4 Å². The van der Waals surface area contributed by atoms with Crippen molar-refractivity contribution < 1.29 is 4.57 Å². The molecule has 0 saturated carbocycles. The first-order valence-corrected chi connectivity index (χ1v) is 4.61. The molecule has 0 spiro atoms. The molecule has 12 heavy (non-hydrogen) atoms. The highest BCUT2D eigenvalue weighted by Gasteiger charge is 2.28. The van der Waals surface area contributed by atoms with E-state index in [2.05, 4.69) is 43.6 Å². The van der Waals surface area contributed by atoms with Gasteiger partial charge in [-0.15, -0.1) is 0 Å². The number of nitrogens with one attached hydrogen (secondary N) is 1. The van der Waals surface area contributed by atoms with E-state index in [-0.39, 0.29) is 5.41 Å². The summed E-state index contributed by atoms with van der Waals surface area (Å²) in [4.78, 5) is 3.29. The van der Waals surface area contributed by atoms with Crippen molar-refractivity contribution in [3.05, 3.63) is 18.2 Å². The number of rotatable bonds is 3. The van der Waals surface area contributed by atoms with Crippen molar-refractivity contribution in [1.82, 2.24) is 4.98 Å². The standard InChI is InChI=1S/C10H18N2/c1-5-6-10(2,3)9-11-7-8-12(9)4/h7-8H,5-6H2,1-4H3/p+1. The highest BCUT2D eigenvalue weighted by atomic mass is 15.0. The molecule has 0 bridgehead atoms. The Morgan fingerprint density at radius 2 is 2.17 bits per heavy atom. The van der Waals surface area contributed by atoms with Crippen molar-refractivity contribution in [3.8, 4) is 0 Å². The zero-order valence-electron chi connectivity index (χ0n) is 8.52. The lowest BCUT2D eigenvalue weighted by molar-refractivity contribution is -0.681. The largest absolute Gasteiger partial charge is 0.259 e. The molecule has 1 N–H and O–H groups in total. The molecule has 0 aliphatic carbocycles. The van der Waals surface area contributed by atoms with Gasteiger partial charge in [-0.3, -0.25) is 0 Å². The molecule has 0 aliphatic heterocycles. The number of aromatic amines is 1. The topological polar surface area (TPSA) is 19.7 Å². The molecule has 2 heteroatoms. The Hall–Kier alpha value is -0.790. The second-order valence-corrected chi connectivity index (χ2v) is 4.05. The molecule has 1 heterocycles. The van der Waals surface area contributed by atoms with Gasteiger partial charge < -0.3 is 0 Å². The lowest BCUT2D eigenvalue weighted by atomic mass is 9.87. The molecule has 68 valence electrons. The Morgan fingerprint density at radius 3 is 2.58 bits per heavy atom. The Morgan fingerprint density at radius 1 is 1.50 bits per heavy atom. The molecule has 0 amide bonds. The third-order valence-electron chi connectivity index (χ3n) is 2.39. The fourth-order valence-electron chi connectivity index (χ4n) is 1.82. The van der Waals surface area contributed by atoms with Crippen LogP contribution in [0.2, 0.25) is 0 Å². The number of imidazole rings is 1. The van der Waals surface area contributed by atoms with Crippen molar-refractivity contribution in [3.63, 3.8) is 0 Å². The summed E-state index contributed by atoms with van der Waals surface area (Å²) in [5.74, 6) is 1.31. The Bertz CT molecular complexity index is 248. The van der Waals surface area contributed by atoms with E-state index in [1.807, 2.05) is 6.20 Å². The van der Waals surface area contributed by atoms with Gasteiger partial charge in [0.05, 0.1) is 12.5 Å². The fourth-order valence-corrected chi connectivity index (χ4v) is 1.82. The van der Waals surface area contributed by atoms with Gasteiger partial charge in [-0.05, 0) is 20.3 Å². The van der Waals surface area contributed by atoms with Gasteiger partial charge in [-0.25, -0.2) is 9.55 Å². The summed E-state index contributed by atoms with van der Waals surface area (Å²) in [6.07, 6.45) is 6.51. The van der Waals surface area contributed by atoms with Crippen molar-refractivity contribution in [2.24, 2.45) is 7.05 Å². The van der Waals surface area contributed by atoms with E-state index in [4.69, 9.17) is 0 Å². The van der Waals surface area contributed by atoms with Crippen molar-refractivity contribution >= 4 is 0 Å². The molecule has 1 aromatic rings. The van der Waals surface area contributed by atoms with E-state index in [1.54, 1.807) is 0 Å². The smallest absolute Gasteiger partial charge is 0.247 e. The van der Waals surface area contributed by atoms with Crippen molar-refractivity contribution in [2.45, 2.75) is 39.0 Å². The lowest BCUT2D eigenvalue weighted by Crippen LogP contribution is -2.38. The van der Waals surface area contributed by atoms with Gasteiger partial charge in [0.25, 0.3) is 5.82 Å². The van der Waals surface area contributed by atoms with Crippen LogP contribution in [0.1, 0.15) is 39.4 Å². The van der Waals surface area contributed by atoms with Gasteiger partial charge in [-0.2, -0.15) is 0 Å². The SMILES string of the molecule is CCCC(C)(C)c1[nH]cc[n+]1C. The lowest BCUT2D eigenvalue weighted by Gasteiger charge is -2.18. The summed E-state index contributed by atoms with van der Waals surface area (Å²) in [7, 11) is 2.09. The van der Waals surface area contributed by atoms with E-state index in [0.717, 1.165) is 0 Å². The van der Waals surface area contributed by atoms with Gasteiger partial charge in [-0.1, -0.05) is 13.3 Å². The zero-order chi connectivity index (χ0) is 9.19. The van der Waals surface area contributed by atoms with E-state index in [1.165, 1.54) is 18.7 Å². The number of hydrogen-bond acceptors (Lipinski definition) is 0.